The number of benzene rings is 1. The summed E-state index contributed by atoms with van der Waals surface area (Å²) in [5, 5.41) is 0.744. The highest BCUT2D eigenvalue weighted by Crippen LogP contribution is 2.30. The summed E-state index contributed by atoms with van der Waals surface area (Å²) in [4.78, 5) is 14.5. The van der Waals surface area contributed by atoms with Crippen LogP contribution in [-0.4, -0.2) is 41.9 Å². The molecule has 2 N–H and O–H groups in total. The summed E-state index contributed by atoms with van der Waals surface area (Å²) in [6, 6.07) is 7.48. The lowest BCUT2D eigenvalue weighted by atomic mass is 10.1. The number of thioether (sulfide) groups is 1. The van der Waals surface area contributed by atoms with Gasteiger partial charge in [-0.1, -0.05) is 23.7 Å². The van der Waals surface area contributed by atoms with Crippen LogP contribution in [0.4, 0.5) is 0 Å². The SMILES string of the molecule is CSCC[C@H](N)C(=O)N(CCc1ccc(Cl)cc1)CC1CC1.Cl. The van der Waals surface area contributed by atoms with E-state index in [0.29, 0.717) is 5.92 Å². The van der Waals surface area contributed by atoms with Crippen molar-refractivity contribution in [2.45, 2.75) is 31.7 Å². The Labute approximate surface area is 154 Å². The van der Waals surface area contributed by atoms with Gasteiger partial charge in [-0.25, -0.2) is 0 Å². The van der Waals surface area contributed by atoms with Gasteiger partial charge in [0.25, 0.3) is 0 Å². The summed E-state index contributed by atoms with van der Waals surface area (Å²) in [6.45, 7) is 1.60. The van der Waals surface area contributed by atoms with Gasteiger partial charge in [-0.15, -0.1) is 12.4 Å². The maximum atomic E-state index is 12.6. The molecule has 130 valence electrons. The van der Waals surface area contributed by atoms with Crippen molar-refractivity contribution in [3.63, 3.8) is 0 Å². The van der Waals surface area contributed by atoms with Gasteiger partial charge >= 0.3 is 0 Å². The Morgan fingerprint density at radius 1 is 1.39 bits per heavy atom. The van der Waals surface area contributed by atoms with Gasteiger partial charge < -0.3 is 10.6 Å². The van der Waals surface area contributed by atoms with Gasteiger partial charge in [0, 0.05) is 18.1 Å². The molecule has 0 radical (unpaired) electrons. The molecule has 0 bridgehead atoms. The summed E-state index contributed by atoms with van der Waals surface area (Å²) >= 11 is 7.64. The minimum Gasteiger partial charge on any atom is -0.341 e. The third-order valence-electron chi connectivity index (χ3n) is 4.02. The van der Waals surface area contributed by atoms with E-state index in [1.807, 2.05) is 35.4 Å². The molecule has 6 heteroatoms. The zero-order valence-corrected chi connectivity index (χ0v) is 15.9. The summed E-state index contributed by atoms with van der Waals surface area (Å²) < 4.78 is 0. The van der Waals surface area contributed by atoms with Crippen LogP contribution in [0.5, 0.6) is 0 Å². The largest absolute Gasteiger partial charge is 0.341 e. The lowest BCUT2D eigenvalue weighted by Crippen LogP contribution is -2.45. The monoisotopic (exact) mass is 376 g/mol. The normalized spacial score (nSPS) is 14.9. The molecule has 1 aliphatic carbocycles. The lowest BCUT2D eigenvalue weighted by Gasteiger charge is -2.26. The summed E-state index contributed by atoms with van der Waals surface area (Å²) in [5.74, 6) is 1.72. The van der Waals surface area contributed by atoms with Crippen molar-refractivity contribution >= 4 is 41.7 Å². The first-order chi connectivity index (χ1) is 10.6. The second-order valence-corrected chi connectivity index (χ2v) is 7.41. The maximum absolute atomic E-state index is 12.6. The molecular weight excluding hydrogens is 351 g/mol. The molecular formula is C17H26Cl2N2OS. The van der Waals surface area contributed by atoms with E-state index in [4.69, 9.17) is 17.3 Å². The van der Waals surface area contributed by atoms with Crippen molar-refractivity contribution in [2.75, 3.05) is 25.1 Å². The van der Waals surface area contributed by atoms with Crippen LogP contribution < -0.4 is 5.73 Å². The number of carbonyl (C=O) groups excluding carboxylic acids is 1. The van der Waals surface area contributed by atoms with Gasteiger partial charge in [-0.2, -0.15) is 11.8 Å². The van der Waals surface area contributed by atoms with Crippen molar-refractivity contribution in [2.24, 2.45) is 11.7 Å². The van der Waals surface area contributed by atoms with Crippen molar-refractivity contribution in [3.8, 4) is 0 Å². The fourth-order valence-electron chi connectivity index (χ4n) is 2.42. The molecule has 3 nitrogen and oxygen atoms in total. The Balaban J connectivity index is 0.00000264. The highest BCUT2D eigenvalue weighted by molar-refractivity contribution is 7.98. The van der Waals surface area contributed by atoms with Crippen molar-refractivity contribution in [1.82, 2.24) is 4.90 Å². The fraction of sp³-hybridized carbons (Fsp3) is 0.588. The van der Waals surface area contributed by atoms with Gasteiger partial charge in [-0.3, -0.25) is 4.79 Å². The quantitative estimate of drug-likeness (QED) is 0.715. The molecule has 0 aromatic heterocycles. The topological polar surface area (TPSA) is 46.3 Å². The molecule has 0 unspecified atom stereocenters. The molecule has 0 aliphatic heterocycles. The average Bonchev–Trinajstić information content (AvgIpc) is 3.34. The number of rotatable bonds is 9. The number of carbonyl (C=O) groups is 1. The van der Waals surface area contributed by atoms with E-state index in [0.717, 1.165) is 36.7 Å². The first-order valence-electron chi connectivity index (χ1n) is 7.88. The summed E-state index contributed by atoms with van der Waals surface area (Å²) in [5.41, 5.74) is 7.27. The van der Waals surface area contributed by atoms with Gasteiger partial charge in [0.15, 0.2) is 0 Å². The average molecular weight is 377 g/mol. The van der Waals surface area contributed by atoms with Crippen LogP contribution >= 0.6 is 35.8 Å². The summed E-state index contributed by atoms with van der Waals surface area (Å²) in [7, 11) is 0. The van der Waals surface area contributed by atoms with E-state index < -0.39 is 0 Å². The molecule has 0 heterocycles. The zero-order chi connectivity index (χ0) is 15.9. The van der Waals surface area contributed by atoms with Gasteiger partial charge in [-0.05, 0) is 61.3 Å². The van der Waals surface area contributed by atoms with Crippen LogP contribution in [0, 0.1) is 5.92 Å². The standard InChI is InChI=1S/C17H25ClN2OS.ClH/c1-22-11-9-16(19)17(21)20(12-14-2-3-14)10-8-13-4-6-15(18)7-5-13;/h4-7,14,16H,2-3,8-12,19H2,1H3;1H/t16-;/m0./s1. The molecule has 0 saturated heterocycles. The number of hydrogen-bond acceptors (Lipinski definition) is 3. The van der Waals surface area contributed by atoms with Gasteiger partial charge in [0.2, 0.25) is 5.91 Å². The fourth-order valence-corrected chi connectivity index (χ4v) is 3.04. The third kappa shape index (κ3) is 7.34. The lowest BCUT2D eigenvalue weighted by molar-refractivity contribution is -0.132. The van der Waals surface area contributed by atoms with E-state index in [-0.39, 0.29) is 24.4 Å². The van der Waals surface area contributed by atoms with E-state index in [9.17, 15) is 4.79 Å². The van der Waals surface area contributed by atoms with Crippen LogP contribution in [0.15, 0.2) is 24.3 Å². The Morgan fingerprint density at radius 3 is 2.61 bits per heavy atom. The first kappa shape index (κ1) is 20.6. The maximum Gasteiger partial charge on any atom is 0.239 e. The van der Waals surface area contributed by atoms with Crippen molar-refractivity contribution < 1.29 is 4.79 Å². The highest BCUT2D eigenvalue weighted by atomic mass is 35.5. The molecule has 0 spiro atoms. The van der Waals surface area contributed by atoms with E-state index in [2.05, 4.69) is 0 Å². The van der Waals surface area contributed by atoms with Crippen LogP contribution in [0.2, 0.25) is 5.02 Å². The second kappa shape index (κ2) is 10.4. The number of amides is 1. The smallest absolute Gasteiger partial charge is 0.239 e. The van der Waals surface area contributed by atoms with Crippen molar-refractivity contribution in [3.05, 3.63) is 34.9 Å². The molecule has 1 fully saturated rings. The molecule has 1 saturated carbocycles. The first-order valence-corrected chi connectivity index (χ1v) is 9.65. The molecule has 23 heavy (non-hydrogen) atoms. The third-order valence-corrected chi connectivity index (χ3v) is 4.92. The number of hydrogen-bond donors (Lipinski definition) is 1. The van der Waals surface area contributed by atoms with E-state index >= 15 is 0 Å². The highest BCUT2D eigenvalue weighted by Gasteiger charge is 2.28. The number of nitrogens with two attached hydrogens (primary N) is 1. The van der Waals surface area contributed by atoms with Crippen LogP contribution in [-0.2, 0) is 11.2 Å². The minimum absolute atomic E-state index is 0. The van der Waals surface area contributed by atoms with E-state index in [1.165, 1.54) is 18.4 Å². The molecule has 1 aromatic carbocycles. The molecule has 1 aliphatic rings. The predicted octanol–water partition coefficient (Wildman–Crippen LogP) is 3.62. The van der Waals surface area contributed by atoms with E-state index in [1.54, 1.807) is 11.8 Å². The van der Waals surface area contributed by atoms with Crippen LogP contribution in [0.25, 0.3) is 0 Å². The number of halogens is 2. The Morgan fingerprint density at radius 2 is 2.04 bits per heavy atom. The Bertz CT molecular complexity index is 480. The molecule has 1 atom stereocenters. The van der Waals surface area contributed by atoms with Crippen molar-refractivity contribution in [1.29, 1.82) is 0 Å². The van der Waals surface area contributed by atoms with Gasteiger partial charge in [0.1, 0.15) is 0 Å². The summed E-state index contributed by atoms with van der Waals surface area (Å²) in [6.07, 6.45) is 6.13. The Kier molecular flexibility index (Phi) is 9.37. The van der Waals surface area contributed by atoms with Crippen LogP contribution in [0.3, 0.4) is 0 Å². The number of nitrogens with zero attached hydrogens (tertiary/aromatic N) is 1. The molecule has 2 rings (SSSR count). The molecule has 1 aromatic rings. The second-order valence-electron chi connectivity index (χ2n) is 5.99. The predicted molar refractivity (Wildman–Crippen MR) is 103 cm³/mol. The molecule has 1 amide bonds. The zero-order valence-electron chi connectivity index (χ0n) is 13.5. The van der Waals surface area contributed by atoms with Crippen LogP contribution in [0.1, 0.15) is 24.8 Å². The van der Waals surface area contributed by atoms with Gasteiger partial charge in [0.05, 0.1) is 6.04 Å². The minimum atomic E-state index is -0.364. The Hall–Kier alpha value is -0.420.